The monoisotopic (exact) mass is 472 g/mol. The average molecular weight is 473 g/mol. The predicted molar refractivity (Wildman–Crippen MR) is 124 cm³/mol. The molecule has 1 saturated heterocycles. The minimum Gasteiger partial charge on any atom is -0.370 e. The van der Waals surface area contributed by atoms with E-state index in [0.29, 0.717) is 45.3 Å². The van der Waals surface area contributed by atoms with Crippen molar-refractivity contribution in [3.05, 3.63) is 24.3 Å². The molecule has 0 radical (unpaired) electrons. The van der Waals surface area contributed by atoms with Crippen molar-refractivity contribution in [3.8, 4) is 6.07 Å². The molecule has 3 fully saturated rings. The molecule has 3 aliphatic rings. The van der Waals surface area contributed by atoms with Crippen LogP contribution in [0.2, 0.25) is 0 Å². The molecule has 1 aromatic carbocycles. The van der Waals surface area contributed by atoms with Crippen LogP contribution in [0.4, 0.5) is 5.69 Å². The van der Waals surface area contributed by atoms with Crippen molar-refractivity contribution in [1.29, 1.82) is 5.26 Å². The molecule has 2 amide bonds. The van der Waals surface area contributed by atoms with Gasteiger partial charge in [-0.15, -0.1) is 0 Å². The maximum absolute atomic E-state index is 13.7. The number of nitrogens with zero attached hydrogens (tertiary/aromatic N) is 3. The van der Waals surface area contributed by atoms with Crippen LogP contribution in [-0.4, -0.2) is 57.6 Å². The van der Waals surface area contributed by atoms with E-state index in [9.17, 15) is 23.3 Å². The number of primary amides is 1. The van der Waals surface area contributed by atoms with Gasteiger partial charge in [0.15, 0.2) is 9.84 Å². The fourth-order valence-corrected chi connectivity index (χ4v) is 6.54. The Morgan fingerprint density at radius 1 is 1.03 bits per heavy atom. The summed E-state index contributed by atoms with van der Waals surface area (Å²) >= 11 is 0. The topological polar surface area (TPSA) is 125 Å². The summed E-state index contributed by atoms with van der Waals surface area (Å²) in [7, 11) is -3.25. The van der Waals surface area contributed by atoms with Crippen molar-refractivity contribution in [2.45, 2.75) is 49.8 Å². The van der Waals surface area contributed by atoms with Gasteiger partial charge < -0.3 is 15.5 Å². The number of nitrogens with two attached hydrogens (primary N) is 1. The molecular formula is C24H32N4O4S. The molecule has 0 aromatic heterocycles. The summed E-state index contributed by atoms with van der Waals surface area (Å²) in [5.41, 5.74) is 4.98. The highest BCUT2D eigenvalue weighted by Gasteiger charge is 2.68. The Hall–Kier alpha value is -2.60. The van der Waals surface area contributed by atoms with E-state index in [2.05, 4.69) is 11.0 Å². The van der Waals surface area contributed by atoms with E-state index in [1.807, 2.05) is 4.90 Å². The number of anilines is 1. The molecule has 1 aliphatic heterocycles. The third-order valence-electron chi connectivity index (χ3n) is 7.90. The first-order valence-corrected chi connectivity index (χ1v) is 13.6. The summed E-state index contributed by atoms with van der Waals surface area (Å²) in [4.78, 5) is 30.8. The molecule has 2 atom stereocenters. The number of hydrogen-bond acceptors (Lipinski definition) is 6. The van der Waals surface area contributed by atoms with E-state index in [1.54, 1.807) is 24.3 Å². The van der Waals surface area contributed by atoms with E-state index >= 15 is 0 Å². The zero-order valence-corrected chi connectivity index (χ0v) is 19.9. The first-order valence-electron chi connectivity index (χ1n) is 11.7. The van der Waals surface area contributed by atoms with Crippen LogP contribution in [-0.2, 0) is 19.4 Å². The quantitative estimate of drug-likeness (QED) is 0.700. The Morgan fingerprint density at radius 3 is 2.30 bits per heavy atom. The van der Waals surface area contributed by atoms with Crippen LogP contribution in [0.3, 0.4) is 0 Å². The SMILES string of the molecule is CS(=O)(=O)c1ccc(N2CCCN(C(=O)C3CCCCC3(C(N)=O)C3(C#N)CC3)CC2)cc1. The Kier molecular flexibility index (Phi) is 6.16. The molecule has 0 spiro atoms. The van der Waals surface area contributed by atoms with E-state index in [4.69, 9.17) is 5.73 Å². The summed E-state index contributed by atoms with van der Waals surface area (Å²) in [5, 5.41) is 9.88. The molecule has 9 heteroatoms. The number of rotatable bonds is 5. The lowest BCUT2D eigenvalue weighted by Crippen LogP contribution is -2.56. The summed E-state index contributed by atoms with van der Waals surface area (Å²) in [6.45, 7) is 2.46. The zero-order valence-electron chi connectivity index (χ0n) is 19.1. The van der Waals surface area contributed by atoms with E-state index in [0.717, 1.165) is 31.5 Å². The van der Waals surface area contributed by atoms with Gasteiger partial charge in [0.25, 0.3) is 0 Å². The molecule has 2 saturated carbocycles. The van der Waals surface area contributed by atoms with Gasteiger partial charge in [-0.2, -0.15) is 5.26 Å². The van der Waals surface area contributed by atoms with Gasteiger partial charge >= 0.3 is 0 Å². The predicted octanol–water partition coefficient (Wildman–Crippen LogP) is 2.09. The number of nitriles is 1. The first kappa shape index (κ1) is 23.6. The Morgan fingerprint density at radius 2 is 1.73 bits per heavy atom. The molecule has 2 N–H and O–H groups in total. The number of hydrogen-bond donors (Lipinski definition) is 1. The van der Waals surface area contributed by atoms with Crippen molar-refractivity contribution in [2.75, 3.05) is 37.3 Å². The Labute approximate surface area is 195 Å². The van der Waals surface area contributed by atoms with Crippen LogP contribution < -0.4 is 10.6 Å². The molecule has 2 unspecified atom stereocenters. The number of sulfone groups is 1. The highest BCUT2D eigenvalue weighted by molar-refractivity contribution is 7.90. The summed E-state index contributed by atoms with van der Waals surface area (Å²) in [6.07, 6.45) is 6.00. The van der Waals surface area contributed by atoms with Crippen molar-refractivity contribution in [3.63, 3.8) is 0 Å². The molecule has 33 heavy (non-hydrogen) atoms. The standard InChI is InChI=1S/C24H32N4O4S/c1-33(31,32)19-8-6-18(7-9-19)27-13-4-14-28(16-15-27)21(29)20-5-2-3-10-24(20,22(26)30)23(17-25)11-12-23/h6-9,20H,2-5,10-16H2,1H3,(H2,26,30). The molecule has 4 rings (SSSR count). The third kappa shape index (κ3) is 4.10. The maximum atomic E-state index is 13.7. The second-order valence-electron chi connectivity index (χ2n) is 9.76. The van der Waals surface area contributed by atoms with Gasteiger partial charge in [0.2, 0.25) is 11.8 Å². The van der Waals surface area contributed by atoms with Crippen molar-refractivity contribution in [1.82, 2.24) is 4.90 Å². The smallest absolute Gasteiger partial charge is 0.226 e. The van der Waals surface area contributed by atoms with Crippen LogP contribution in [0.1, 0.15) is 44.9 Å². The molecule has 1 heterocycles. The highest BCUT2D eigenvalue weighted by atomic mass is 32.2. The summed E-state index contributed by atoms with van der Waals surface area (Å²) < 4.78 is 23.5. The molecule has 8 nitrogen and oxygen atoms in total. The van der Waals surface area contributed by atoms with E-state index in [1.165, 1.54) is 6.26 Å². The number of carbonyl (C=O) groups excluding carboxylic acids is 2. The lowest BCUT2D eigenvalue weighted by Gasteiger charge is -2.45. The van der Waals surface area contributed by atoms with Gasteiger partial charge in [0.1, 0.15) is 0 Å². The van der Waals surface area contributed by atoms with Gasteiger partial charge in [0, 0.05) is 38.1 Å². The van der Waals surface area contributed by atoms with Crippen LogP contribution >= 0.6 is 0 Å². The first-order chi connectivity index (χ1) is 15.6. The minimum absolute atomic E-state index is 0.0516. The van der Waals surface area contributed by atoms with Crippen LogP contribution in [0.25, 0.3) is 0 Å². The second kappa shape index (κ2) is 8.64. The lowest BCUT2D eigenvalue weighted by atomic mass is 9.57. The van der Waals surface area contributed by atoms with Gasteiger partial charge in [-0.25, -0.2) is 8.42 Å². The number of amides is 2. The normalized spacial score (nSPS) is 27.3. The fourth-order valence-electron chi connectivity index (χ4n) is 5.91. The van der Waals surface area contributed by atoms with Gasteiger partial charge in [-0.3, -0.25) is 9.59 Å². The third-order valence-corrected chi connectivity index (χ3v) is 9.03. The number of carbonyl (C=O) groups is 2. The molecular weight excluding hydrogens is 440 g/mol. The maximum Gasteiger partial charge on any atom is 0.226 e. The van der Waals surface area contributed by atoms with Gasteiger partial charge in [-0.1, -0.05) is 12.8 Å². The second-order valence-corrected chi connectivity index (χ2v) is 11.8. The largest absolute Gasteiger partial charge is 0.370 e. The lowest BCUT2D eigenvalue weighted by molar-refractivity contribution is -0.154. The molecule has 2 aliphatic carbocycles. The zero-order chi connectivity index (χ0) is 23.9. The van der Waals surface area contributed by atoms with E-state index in [-0.39, 0.29) is 10.8 Å². The van der Waals surface area contributed by atoms with Gasteiger partial charge in [0.05, 0.1) is 27.7 Å². The average Bonchev–Trinajstić information content (AvgIpc) is 3.62. The summed E-state index contributed by atoms with van der Waals surface area (Å²) in [5.74, 6) is -1.09. The summed E-state index contributed by atoms with van der Waals surface area (Å²) in [6, 6.07) is 9.19. The van der Waals surface area contributed by atoms with E-state index < -0.39 is 32.5 Å². The molecule has 1 aromatic rings. The Bertz CT molecular complexity index is 1070. The highest BCUT2D eigenvalue weighted by Crippen LogP contribution is 2.65. The molecule has 178 valence electrons. The van der Waals surface area contributed by atoms with Crippen LogP contribution in [0.15, 0.2) is 29.2 Å². The van der Waals surface area contributed by atoms with Crippen molar-refractivity contribution in [2.24, 2.45) is 22.5 Å². The molecule has 0 bridgehead atoms. The minimum atomic E-state index is -3.25. The van der Waals surface area contributed by atoms with Crippen molar-refractivity contribution >= 4 is 27.3 Å². The van der Waals surface area contributed by atoms with Crippen molar-refractivity contribution < 1.29 is 18.0 Å². The van der Waals surface area contributed by atoms with Crippen LogP contribution in [0.5, 0.6) is 0 Å². The number of benzene rings is 1. The fraction of sp³-hybridized carbons (Fsp3) is 0.625. The van der Waals surface area contributed by atoms with Gasteiger partial charge in [-0.05, 0) is 56.4 Å². The Balaban J connectivity index is 1.51. The van der Waals surface area contributed by atoms with Crippen LogP contribution in [0, 0.1) is 28.1 Å².